The van der Waals surface area contributed by atoms with E-state index in [0.717, 1.165) is 17.4 Å². The zero-order chi connectivity index (χ0) is 24.0. The number of nitrogens with zero attached hydrogens (tertiary/aromatic N) is 3. The number of hydrogen-bond donors (Lipinski definition) is 1. The molecule has 0 aliphatic carbocycles. The van der Waals surface area contributed by atoms with Crippen LogP contribution in [0.4, 0.5) is 8.78 Å². The van der Waals surface area contributed by atoms with Gasteiger partial charge in [-0.2, -0.15) is 5.26 Å². The SMILES string of the molecule is CN1C(=O)[C@H](c2ccc(C(C)(F)F)cc2)[C@@](C)(C2CC=C(c3cccc(C#N)c3)S2)N=C1N. The minimum Gasteiger partial charge on any atom is -0.369 e. The Morgan fingerprint density at radius 1 is 1.27 bits per heavy atom. The lowest BCUT2D eigenvalue weighted by Gasteiger charge is -2.43. The van der Waals surface area contributed by atoms with Crippen LogP contribution in [0, 0.1) is 11.3 Å². The van der Waals surface area contributed by atoms with Crippen molar-refractivity contribution in [1.29, 1.82) is 5.26 Å². The fraction of sp³-hybridized carbons (Fsp3) is 0.320. The number of alkyl halides is 2. The molecule has 0 fully saturated rings. The summed E-state index contributed by atoms with van der Waals surface area (Å²) in [4.78, 5) is 20.5. The highest BCUT2D eigenvalue weighted by atomic mass is 32.2. The summed E-state index contributed by atoms with van der Waals surface area (Å²) < 4.78 is 27.5. The Balaban J connectivity index is 1.70. The molecule has 2 heterocycles. The summed E-state index contributed by atoms with van der Waals surface area (Å²) in [5, 5.41) is 9.11. The summed E-state index contributed by atoms with van der Waals surface area (Å²) in [5.74, 6) is -3.72. The van der Waals surface area contributed by atoms with Crippen LogP contribution >= 0.6 is 11.8 Å². The Bertz CT molecular complexity index is 1200. The second kappa shape index (κ2) is 8.31. The van der Waals surface area contributed by atoms with Gasteiger partial charge in [0.2, 0.25) is 5.91 Å². The van der Waals surface area contributed by atoms with E-state index in [1.165, 1.54) is 17.0 Å². The van der Waals surface area contributed by atoms with E-state index in [2.05, 4.69) is 12.1 Å². The van der Waals surface area contributed by atoms with Crippen molar-refractivity contribution in [2.45, 2.75) is 42.9 Å². The van der Waals surface area contributed by atoms with Gasteiger partial charge in [0.25, 0.3) is 5.92 Å². The number of amides is 1. The highest BCUT2D eigenvalue weighted by molar-refractivity contribution is 8.09. The lowest BCUT2D eigenvalue weighted by Crippen LogP contribution is -2.57. The molecule has 0 saturated carbocycles. The second-order valence-electron chi connectivity index (χ2n) is 8.64. The van der Waals surface area contributed by atoms with Gasteiger partial charge in [-0.3, -0.25) is 9.69 Å². The molecular formula is C25H24F2N4OS. The number of benzene rings is 2. The van der Waals surface area contributed by atoms with E-state index < -0.39 is 17.4 Å². The zero-order valence-electron chi connectivity index (χ0n) is 18.5. The van der Waals surface area contributed by atoms with Crippen molar-refractivity contribution in [3.63, 3.8) is 0 Å². The van der Waals surface area contributed by atoms with E-state index in [1.54, 1.807) is 37.0 Å². The van der Waals surface area contributed by atoms with Crippen LogP contribution in [0.2, 0.25) is 0 Å². The number of halogens is 2. The summed E-state index contributed by atoms with van der Waals surface area (Å²) in [7, 11) is 1.57. The van der Waals surface area contributed by atoms with Crippen LogP contribution in [-0.2, 0) is 10.7 Å². The third kappa shape index (κ3) is 4.13. The molecule has 5 nitrogen and oxygen atoms in total. The van der Waals surface area contributed by atoms with Gasteiger partial charge in [-0.15, -0.1) is 11.8 Å². The molecule has 1 unspecified atom stereocenters. The first-order chi connectivity index (χ1) is 15.5. The third-order valence-corrected chi connectivity index (χ3v) is 7.94. The minimum absolute atomic E-state index is 0.105. The van der Waals surface area contributed by atoms with Gasteiger partial charge in [0, 0.05) is 29.7 Å². The van der Waals surface area contributed by atoms with E-state index in [4.69, 9.17) is 10.7 Å². The maximum absolute atomic E-state index is 13.7. The van der Waals surface area contributed by atoms with Crippen molar-refractivity contribution in [3.05, 3.63) is 76.9 Å². The number of aliphatic imine (C=N–C) groups is 1. The smallest absolute Gasteiger partial charge is 0.270 e. The van der Waals surface area contributed by atoms with E-state index >= 15 is 0 Å². The summed E-state index contributed by atoms with van der Waals surface area (Å²) in [6, 6.07) is 15.4. The van der Waals surface area contributed by atoms with Gasteiger partial charge in [0.05, 0.1) is 23.1 Å². The predicted octanol–water partition coefficient (Wildman–Crippen LogP) is 4.85. The Morgan fingerprint density at radius 3 is 2.61 bits per heavy atom. The molecule has 0 spiro atoms. The molecule has 3 atom stereocenters. The van der Waals surface area contributed by atoms with Crippen molar-refractivity contribution in [3.8, 4) is 6.07 Å². The number of likely N-dealkylation sites (N-methyl/N-ethyl adjacent to an activating group) is 1. The molecule has 1 amide bonds. The number of carbonyl (C=O) groups excluding carboxylic acids is 1. The molecular weight excluding hydrogens is 442 g/mol. The molecule has 2 aliphatic rings. The highest BCUT2D eigenvalue weighted by Gasteiger charge is 2.51. The average Bonchev–Trinajstić information content (AvgIpc) is 3.29. The molecule has 33 heavy (non-hydrogen) atoms. The van der Waals surface area contributed by atoms with Crippen LogP contribution in [0.25, 0.3) is 4.91 Å². The Hall–Kier alpha value is -3.18. The normalized spacial score (nSPS) is 25.5. The van der Waals surface area contributed by atoms with Crippen molar-refractivity contribution >= 4 is 28.5 Å². The van der Waals surface area contributed by atoms with Crippen molar-refractivity contribution in [2.75, 3.05) is 7.05 Å². The van der Waals surface area contributed by atoms with Crippen LogP contribution in [0.3, 0.4) is 0 Å². The Morgan fingerprint density at radius 2 is 1.97 bits per heavy atom. The number of hydrogen-bond acceptors (Lipinski definition) is 5. The van der Waals surface area contributed by atoms with Crippen LogP contribution < -0.4 is 5.73 Å². The Labute approximate surface area is 196 Å². The first kappa shape index (κ1) is 23.0. The first-order valence-corrected chi connectivity index (χ1v) is 11.4. The molecule has 8 heteroatoms. The highest BCUT2D eigenvalue weighted by Crippen LogP contribution is 2.51. The zero-order valence-corrected chi connectivity index (χ0v) is 19.4. The maximum atomic E-state index is 13.7. The summed E-state index contributed by atoms with van der Waals surface area (Å²) in [5.41, 5.74) is 7.25. The number of carbonyl (C=O) groups is 1. The summed E-state index contributed by atoms with van der Waals surface area (Å²) >= 11 is 1.60. The van der Waals surface area contributed by atoms with Gasteiger partial charge in [0.15, 0.2) is 5.96 Å². The molecule has 2 aromatic rings. The molecule has 0 radical (unpaired) electrons. The fourth-order valence-corrected chi connectivity index (χ4v) is 5.78. The topological polar surface area (TPSA) is 82.5 Å². The molecule has 0 aromatic heterocycles. The first-order valence-electron chi connectivity index (χ1n) is 10.5. The second-order valence-corrected chi connectivity index (χ2v) is 9.88. The molecule has 4 rings (SSSR count). The molecule has 2 aliphatic heterocycles. The molecule has 2 N–H and O–H groups in total. The van der Waals surface area contributed by atoms with Crippen molar-refractivity contribution in [1.82, 2.24) is 4.90 Å². The lowest BCUT2D eigenvalue weighted by atomic mass is 9.75. The standard InChI is InChI=1S/C25H24F2N4OS/c1-24(20-12-11-19(33-20)17-6-4-5-15(13-17)14-28)21(22(32)31(3)23(29)30-24)16-7-9-18(10-8-16)25(2,26)27/h4-11,13,20-21H,12H2,1-3H3,(H2,29,30)/t20?,21-,24+/m0/s1. The van der Waals surface area contributed by atoms with Gasteiger partial charge < -0.3 is 5.73 Å². The van der Waals surface area contributed by atoms with E-state index in [0.29, 0.717) is 17.5 Å². The van der Waals surface area contributed by atoms with E-state index in [9.17, 15) is 18.8 Å². The van der Waals surface area contributed by atoms with Crippen LogP contribution in [0.5, 0.6) is 0 Å². The number of thioether (sulfide) groups is 1. The number of rotatable bonds is 4. The van der Waals surface area contributed by atoms with Gasteiger partial charge in [-0.1, -0.05) is 42.5 Å². The predicted molar refractivity (Wildman–Crippen MR) is 127 cm³/mol. The van der Waals surface area contributed by atoms with E-state index in [-0.39, 0.29) is 22.7 Å². The number of nitrogens with two attached hydrogens (primary N) is 1. The van der Waals surface area contributed by atoms with Crippen LogP contribution in [-0.4, -0.2) is 34.6 Å². The molecule has 0 saturated heterocycles. The van der Waals surface area contributed by atoms with Gasteiger partial charge in [-0.25, -0.2) is 13.8 Å². The average molecular weight is 467 g/mol. The van der Waals surface area contributed by atoms with Gasteiger partial charge in [0.1, 0.15) is 0 Å². The molecule has 0 bridgehead atoms. The van der Waals surface area contributed by atoms with Crippen molar-refractivity contribution in [2.24, 2.45) is 10.7 Å². The number of nitriles is 1. The number of guanidine groups is 1. The summed E-state index contributed by atoms with van der Waals surface area (Å²) in [6.07, 6.45) is 2.74. The number of allylic oxidation sites excluding steroid dienone is 1. The quantitative estimate of drug-likeness (QED) is 0.699. The van der Waals surface area contributed by atoms with Crippen LogP contribution in [0.1, 0.15) is 48.4 Å². The monoisotopic (exact) mass is 466 g/mol. The van der Waals surface area contributed by atoms with Crippen LogP contribution in [0.15, 0.2) is 59.6 Å². The minimum atomic E-state index is -2.96. The van der Waals surface area contributed by atoms with Gasteiger partial charge >= 0.3 is 0 Å². The van der Waals surface area contributed by atoms with E-state index in [1.807, 2.05) is 25.1 Å². The molecule has 2 aromatic carbocycles. The summed E-state index contributed by atoms with van der Waals surface area (Å²) in [6.45, 7) is 2.75. The maximum Gasteiger partial charge on any atom is 0.270 e. The lowest BCUT2D eigenvalue weighted by molar-refractivity contribution is -0.130. The third-order valence-electron chi connectivity index (χ3n) is 6.33. The molecule has 170 valence electrons. The largest absolute Gasteiger partial charge is 0.369 e. The fourth-order valence-electron chi connectivity index (χ4n) is 4.40. The Kier molecular flexibility index (Phi) is 5.79. The van der Waals surface area contributed by atoms with Crippen molar-refractivity contribution < 1.29 is 13.6 Å². The van der Waals surface area contributed by atoms with Gasteiger partial charge in [-0.05, 0) is 36.6 Å².